The van der Waals surface area contributed by atoms with Gasteiger partial charge in [-0.3, -0.25) is 57.5 Å². The van der Waals surface area contributed by atoms with Gasteiger partial charge in [0.1, 0.15) is 36.3 Å². The molecule has 8 rings (SSSR count). The Labute approximate surface area is 664 Å². The van der Waals surface area contributed by atoms with Crippen LogP contribution in [0, 0.1) is 23.7 Å². The molecule has 2 aromatic carbocycles. The number of likely N-dealkylation sites (tertiary alicyclic amines) is 2. The van der Waals surface area contributed by atoms with Crippen molar-refractivity contribution >= 4 is 130 Å². The minimum Gasteiger partial charge on any atom is -0.449 e. The van der Waals surface area contributed by atoms with Gasteiger partial charge in [-0.15, -0.1) is 47.0 Å². The zero-order valence-electron chi connectivity index (χ0n) is 65.8. The van der Waals surface area contributed by atoms with Gasteiger partial charge >= 0.3 is 12.2 Å². The van der Waals surface area contributed by atoms with Crippen LogP contribution in [0.15, 0.2) is 60.7 Å². The predicted octanol–water partition coefficient (Wildman–Crippen LogP) is 6.80. The molecule has 0 bridgehead atoms. The molecule has 0 aromatic heterocycles. The lowest BCUT2D eigenvalue weighted by molar-refractivity contribution is -0.143. The van der Waals surface area contributed by atoms with Crippen LogP contribution >= 0.6 is 47.0 Å². The number of ketones is 2. The number of rotatable bonds is 32. The normalized spacial score (nSPS) is 22.7. The van der Waals surface area contributed by atoms with E-state index in [2.05, 4.69) is 56.4 Å². The van der Waals surface area contributed by atoms with E-state index in [9.17, 15) is 67.1 Å². The molecule has 4 heterocycles. The molecule has 8 N–H and O–H groups in total. The maximum Gasteiger partial charge on any atom is 0.407 e. The van der Waals surface area contributed by atoms with Crippen molar-refractivity contribution in [3.63, 3.8) is 0 Å². The highest BCUT2D eigenvalue weighted by Crippen LogP contribution is 2.56. The average Bonchev–Trinajstić information content (AvgIpc) is 1.61. The number of carbonyl (C=O) groups excluding carboxylic acids is 14. The molecule has 2 aliphatic carbocycles. The van der Waals surface area contributed by atoms with Crippen molar-refractivity contribution in [3.05, 3.63) is 71.8 Å². The minimum atomic E-state index is -1.21. The van der Waals surface area contributed by atoms with Gasteiger partial charge in [-0.2, -0.15) is 0 Å². The Morgan fingerprint density at radius 2 is 0.836 bits per heavy atom. The molecule has 2 aromatic rings. The summed E-state index contributed by atoms with van der Waals surface area (Å²) in [5, 5.41) is 21.8. The predicted molar refractivity (Wildman–Crippen MR) is 426 cm³/mol. The molecule has 12 amide bonds. The van der Waals surface area contributed by atoms with Gasteiger partial charge in [0.25, 0.3) is 11.8 Å². The smallest absolute Gasteiger partial charge is 0.407 e. The van der Waals surface area contributed by atoms with E-state index < -0.39 is 129 Å². The Hall–Kier alpha value is -7.58. The van der Waals surface area contributed by atoms with Crippen LogP contribution in [-0.4, -0.2) is 236 Å². The van der Waals surface area contributed by atoms with Gasteiger partial charge in [-0.05, 0) is 73.3 Å². The number of likely N-dealkylation sites (N-methyl/N-ethyl adjacent to an activating group) is 2. The number of ether oxygens (including phenoxy) is 2. The Morgan fingerprint density at radius 3 is 1.14 bits per heavy atom. The fourth-order valence-corrected chi connectivity index (χ4v) is 21.9. The molecule has 6 aliphatic rings. The largest absolute Gasteiger partial charge is 0.449 e. The molecule has 32 heteroatoms. The van der Waals surface area contributed by atoms with Crippen molar-refractivity contribution in [1.29, 1.82) is 0 Å². The van der Waals surface area contributed by atoms with E-state index in [1.807, 2.05) is 41.5 Å². The zero-order valence-corrected chi connectivity index (χ0v) is 69.0. The summed E-state index contributed by atoms with van der Waals surface area (Å²) < 4.78 is 9.96. The SMILES string of the molecule is CCCC(NC(=O)C1CC2(CN1C(=O)C(NC(=O)OCC(C)C)C1CCCCC1)SCC(C)S2)C(=O)C(=O)NCC(=O)NC(C(=O)N(C)C)c1ccccc1.CCCC(NC(=O)[C@@H]1CC2(CN1C(=O)C(NC(=O)OCC(C)C)C1CCCCC1)SCC(C)S2)C(=O)C(=O)NCC(=O)NC(C(=O)N(C)C)c1ccccc1. The van der Waals surface area contributed by atoms with E-state index in [4.69, 9.17) is 9.47 Å². The molecule has 2 saturated carbocycles. The van der Waals surface area contributed by atoms with E-state index in [1.165, 1.54) is 9.80 Å². The zero-order chi connectivity index (χ0) is 80.6. The lowest BCUT2D eigenvalue weighted by Gasteiger charge is -2.34. The summed E-state index contributed by atoms with van der Waals surface area (Å²) in [6.07, 6.45) is 9.43. The van der Waals surface area contributed by atoms with Crippen LogP contribution in [0.4, 0.5) is 9.59 Å². The third-order valence-corrected chi connectivity index (χ3v) is 27.4. The maximum absolute atomic E-state index is 14.6. The molecule has 608 valence electrons. The molecule has 28 nitrogen and oxygen atoms in total. The maximum atomic E-state index is 14.6. The number of Topliss-reactive ketones (excluding diaryl/α,β-unsaturated/α-hetero) is 2. The monoisotopic (exact) mass is 1600 g/mol. The molecule has 4 saturated heterocycles. The summed E-state index contributed by atoms with van der Waals surface area (Å²) in [7, 11) is 6.26. The second kappa shape index (κ2) is 42.9. The number of benzene rings is 2. The number of alkyl carbamates (subject to hydrolysis) is 2. The molecular formula is C78H116N12O16S4. The summed E-state index contributed by atoms with van der Waals surface area (Å²) in [6, 6.07) is 9.28. The standard InChI is InChI=1S/2C39H58N6O8S2/c2*1-7-14-28(33(47)35(49)40-20-30(46)42-31(36(50)44(5)6)26-15-10-8-11-16-26)41-34(48)29-19-39(54-22-25(4)55-39)23-45(29)37(51)32(27-17-12-9-13-18-27)43-38(52)53-21-24(2)3/h2*8,10-11,15-16,24-25,27-29,31-32H,7,9,12-14,17-23H2,1-6H3,(H,40,49)(H,41,48)(H,42,46)(H,43,52)/t25?,28?,29-,31?,32?,39?;/m0./s1. The number of hydrogen-bond acceptors (Lipinski definition) is 20. The Bertz CT molecular complexity index is 3310. The second-order valence-electron chi connectivity index (χ2n) is 30.8. The fourth-order valence-electron chi connectivity index (χ4n) is 14.5. The first-order chi connectivity index (χ1) is 52.3. The molecule has 12 atom stereocenters. The van der Waals surface area contributed by atoms with Gasteiger partial charge in [0, 0.05) is 76.1 Å². The first-order valence-electron chi connectivity index (χ1n) is 38.8. The lowest BCUT2D eigenvalue weighted by Crippen LogP contribution is -2.58. The van der Waals surface area contributed by atoms with Crippen LogP contribution in [-0.2, 0) is 67.0 Å². The summed E-state index contributed by atoms with van der Waals surface area (Å²) in [4.78, 5) is 194. The Kier molecular flexibility index (Phi) is 34.9. The topological polar surface area (TPSA) is 367 Å². The summed E-state index contributed by atoms with van der Waals surface area (Å²) in [5.41, 5.74) is 1.11. The third kappa shape index (κ3) is 25.7. The van der Waals surface area contributed by atoms with Crippen LogP contribution in [0.25, 0.3) is 0 Å². The van der Waals surface area contributed by atoms with Gasteiger partial charge in [0.2, 0.25) is 58.8 Å². The van der Waals surface area contributed by atoms with Crippen molar-refractivity contribution in [1.82, 2.24) is 62.1 Å². The molecular weight excluding hydrogens is 1490 g/mol. The van der Waals surface area contributed by atoms with E-state index in [-0.39, 0.29) is 86.4 Å². The third-order valence-electron chi connectivity index (χ3n) is 20.1. The second-order valence-corrected chi connectivity index (χ2v) is 37.7. The highest BCUT2D eigenvalue weighted by molar-refractivity contribution is 8.22. The van der Waals surface area contributed by atoms with Crippen LogP contribution in [0.1, 0.15) is 181 Å². The molecule has 6 fully saturated rings. The number of carbonyl (C=O) groups is 14. The van der Waals surface area contributed by atoms with Crippen LogP contribution < -0.4 is 42.5 Å². The van der Waals surface area contributed by atoms with Gasteiger partial charge in [-0.1, -0.05) is 167 Å². The lowest BCUT2D eigenvalue weighted by atomic mass is 9.83. The first kappa shape index (κ1) is 89.6. The molecule has 4 aliphatic heterocycles. The van der Waals surface area contributed by atoms with E-state index in [0.29, 0.717) is 47.3 Å². The van der Waals surface area contributed by atoms with Gasteiger partial charge in [0.15, 0.2) is 0 Å². The number of nitrogens with zero attached hydrogens (tertiary/aromatic N) is 4. The molecule has 11 unspecified atom stereocenters. The van der Waals surface area contributed by atoms with Gasteiger partial charge in [-0.25, -0.2) is 9.59 Å². The first-order valence-corrected chi connectivity index (χ1v) is 42.5. The van der Waals surface area contributed by atoms with E-state index in [0.717, 1.165) is 75.7 Å². The number of nitrogens with one attached hydrogen (secondary N) is 8. The van der Waals surface area contributed by atoms with Gasteiger partial charge in [0.05, 0.1) is 46.5 Å². The van der Waals surface area contributed by atoms with Crippen molar-refractivity contribution in [2.75, 3.05) is 79.1 Å². The average molecular weight is 1610 g/mol. The summed E-state index contributed by atoms with van der Waals surface area (Å²) in [6.45, 7) is 15.4. The van der Waals surface area contributed by atoms with E-state index in [1.54, 1.807) is 146 Å². The van der Waals surface area contributed by atoms with E-state index >= 15 is 0 Å². The molecule has 0 radical (unpaired) electrons. The Morgan fingerprint density at radius 1 is 0.491 bits per heavy atom. The Balaban J connectivity index is 0.000000306. The van der Waals surface area contributed by atoms with Crippen LogP contribution in [0.3, 0.4) is 0 Å². The molecule has 110 heavy (non-hydrogen) atoms. The highest BCUT2D eigenvalue weighted by atomic mass is 32.2. The highest BCUT2D eigenvalue weighted by Gasteiger charge is 2.57. The van der Waals surface area contributed by atoms with Crippen LogP contribution in [0.5, 0.6) is 0 Å². The van der Waals surface area contributed by atoms with Crippen molar-refractivity contribution in [3.8, 4) is 0 Å². The number of hydrogen-bond donors (Lipinski definition) is 8. The number of amides is 12. The van der Waals surface area contributed by atoms with Crippen molar-refractivity contribution in [2.45, 2.75) is 225 Å². The van der Waals surface area contributed by atoms with Crippen LogP contribution in [0.2, 0.25) is 0 Å². The molecule has 2 spiro atoms. The number of thioether (sulfide) groups is 4. The summed E-state index contributed by atoms with van der Waals surface area (Å²) in [5.74, 6) is -6.17. The minimum absolute atomic E-state index is 0.114. The van der Waals surface area contributed by atoms with Crippen molar-refractivity contribution in [2.24, 2.45) is 23.7 Å². The van der Waals surface area contributed by atoms with Gasteiger partial charge < -0.3 is 71.6 Å². The fraction of sp³-hybridized carbons (Fsp3) is 0.667. The summed E-state index contributed by atoms with van der Waals surface area (Å²) >= 11 is 6.89. The van der Waals surface area contributed by atoms with Crippen molar-refractivity contribution < 1.29 is 76.6 Å². The quantitative estimate of drug-likeness (QED) is 0.0349.